The lowest BCUT2D eigenvalue weighted by Gasteiger charge is -2.42. The quantitative estimate of drug-likeness (QED) is 0.899. The van der Waals surface area contributed by atoms with E-state index in [0.717, 1.165) is 12.1 Å². The fourth-order valence-electron chi connectivity index (χ4n) is 3.13. The number of alkyl halides is 3. The highest BCUT2D eigenvalue weighted by atomic mass is 19.4. The topological polar surface area (TPSA) is 46.5 Å². The molecule has 1 aromatic rings. The van der Waals surface area contributed by atoms with Gasteiger partial charge in [0.1, 0.15) is 0 Å². The molecule has 1 saturated carbocycles. The summed E-state index contributed by atoms with van der Waals surface area (Å²) in [6.07, 6.45) is -4.12. The van der Waals surface area contributed by atoms with E-state index in [1.807, 2.05) is 0 Å². The lowest BCUT2D eigenvalue weighted by Crippen LogP contribution is -2.52. The van der Waals surface area contributed by atoms with E-state index in [4.69, 9.17) is 9.84 Å². The molecular weight excluding hydrogens is 261 g/mol. The van der Waals surface area contributed by atoms with Crippen LogP contribution in [0.25, 0.3) is 0 Å². The van der Waals surface area contributed by atoms with Crippen molar-refractivity contribution in [3.05, 3.63) is 35.4 Å². The number of carbonyl (C=O) groups is 1. The van der Waals surface area contributed by atoms with Gasteiger partial charge in [0.25, 0.3) is 0 Å². The molecule has 2 heterocycles. The summed E-state index contributed by atoms with van der Waals surface area (Å²) >= 11 is 0. The third kappa shape index (κ3) is 1.66. The van der Waals surface area contributed by atoms with E-state index in [1.165, 1.54) is 12.1 Å². The van der Waals surface area contributed by atoms with Crippen molar-refractivity contribution in [3.63, 3.8) is 0 Å². The van der Waals surface area contributed by atoms with Crippen LogP contribution < -0.4 is 0 Å². The fourth-order valence-corrected chi connectivity index (χ4v) is 3.13. The Morgan fingerprint density at radius 3 is 2.42 bits per heavy atom. The van der Waals surface area contributed by atoms with E-state index in [-0.39, 0.29) is 12.7 Å². The highest BCUT2D eigenvalue weighted by Gasteiger charge is 2.64. The molecule has 3 aliphatic rings. The summed E-state index contributed by atoms with van der Waals surface area (Å²) in [5, 5.41) is 9.16. The average Bonchev–Trinajstić information content (AvgIpc) is 2.86. The molecule has 2 bridgehead atoms. The summed E-state index contributed by atoms with van der Waals surface area (Å²) in [5.74, 6) is -1.60. The van der Waals surface area contributed by atoms with Gasteiger partial charge in [0.15, 0.2) is 0 Å². The van der Waals surface area contributed by atoms with Crippen LogP contribution in [0.5, 0.6) is 0 Å². The summed E-state index contributed by atoms with van der Waals surface area (Å²) in [6.45, 7) is 0.264. The number of rotatable bonds is 2. The zero-order valence-electron chi connectivity index (χ0n) is 9.78. The van der Waals surface area contributed by atoms with E-state index >= 15 is 0 Å². The molecule has 19 heavy (non-hydrogen) atoms. The van der Waals surface area contributed by atoms with Gasteiger partial charge in [-0.1, -0.05) is 12.1 Å². The minimum absolute atomic E-state index is 0.264. The number of halogens is 3. The molecule has 1 aromatic carbocycles. The predicted molar refractivity (Wildman–Crippen MR) is 58.6 cm³/mol. The van der Waals surface area contributed by atoms with Gasteiger partial charge in [0.05, 0.1) is 24.2 Å². The van der Waals surface area contributed by atoms with Gasteiger partial charge in [-0.3, -0.25) is 4.79 Å². The summed E-state index contributed by atoms with van der Waals surface area (Å²) in [6, 6.07) is 4.72. The van der Waals surface area contributed by atoms with Gasteiger partial charge >= 0.3 is 12.1 Å². The molecule has 1 N–H and O–H groups in total. The first-order valence-electron chi connectivity index (χ1n) is 5.87. The maximum Gasteiger partial charge on any atom is 0.416 e. The molecule has 0 radical (unpaired) electrons. The first kappa shape index (κ1) is 12.5. The minimum atomic E-state index is -4.38. The molecule has 2 aliphatic heterocycles. The molecule has 3 nitrogen and oxygen atoms in total. The largest absolute Gasteiger partial charge is 0.481 e. The molecule has 0 amide bonds. The Balaban J connectivity index is 1.93. The Morgan fingerprint density at radius 2 is 1.95 bits per heavy atom. The van der Waals surface area contributed by atoms with Gasteiger partial charge in [-0.05, 0) is 24.1 Å². The number of hydrogen-bond donors (Lipinski definition) is 1. The summed E-state index contributed by atoms with van der Waals surface area (Å²) < 4.78 is 42.8. The number of aliphatic carboxylic acids is 1. The SMILES string of the molecule is O=C(O)[C@@H]1[C@H]2C[C@]1(c1ccc(C(F)(F)F)cc1)CO2. The lowest BCUT2D eigenvalue weighted by molar-refractivity contribution is -0.150. The normalized spacial score (nSPS) is 33.0. The molecule has 3 atom stereocenters. The second-order valence-electron chi connectivity index (χ2n) is 5.10. The van der Waals surface area contributed by atoms with E-state index in [2.05, 4.69) is 0 Å². The van der Waals surface area contributed by atoms with Crippen LogP contribution in [-0.2, 0) is 21.1 Å². The van der Waals surface area contributed by atoms with Crippen molar-refractivity contribution in [2.75, 3.05) is 6.61 Å². The highest BCUT2D eigenvalue weighted by molar-refractivity contribution is 5.76. The van der Waals surface area contributed by atoms with E-state index in [9.17, 15) is 18.0 Å². The highest BCUT2D eigenvalue weighted by Crippen LogP contribution is 2.56. The number of hydrogen-bond acceptors (Lipinski definition) is 2. The van der Waals surface area contributed by atoms with E-state index in [1.54, 1.807) is 0 Å². The first-order valence-corrected chi connectivity index (χ1v) is 5.87. The molecule has 0 spiro atoms. The van der Waals surface area contributed by atoms with Crippen LogP contribution in [0, 0.1) is 5.92 Å². The summed E-state index contributed by atoms with van der Waals surface area (Å²) in [4.78, 5) is 11.2. The van der Waals surface area contributed by atoms with Crippen molar-refractivity contribution in [2.24, 2.45) is 5.92 Å². The van der Waals surface area contributed by atoms with Crippen LogP contribution in [0.1, 0.15) is 17.5 Å². The summed E-state index contributed by atoms with van der Waals surface area (Å²) in [5.41, 5.74) is -0.767. The van der Waals surface area contributed by atoms with E-state index in [0.29, 0.717) is 12.0 Å². The molecule has 3 fully saturated rings. The van der Waals surface area contributed by atoms with Crippen LogP contribution in [0.2, 0.25) is 0 Å². The number of carboxylic acids is 1. The third-order valence-electron chi connectivity index (χ3n) is 4.14. The number of benzene rings is 1. The Morgan fingerprint density at radius 1 is 1.32 bits per heavy atom. The van der Waals surface area contributed by atoms with Gasteiger partial charge < -0.3 is 9.84 Å². The average molecular weight is 272 g/mol. The molecular formula is C13H11F3O3. The second kappa shape index (κ2) is 3.72. The number of carboxylic acid groups (broad SMARTS) is 1. The number of ether oxygens (including phenoxy) is 1. The zero-order chi connectivity index (χ0) is 13.8. The molecule has 0 unspecified atom stereocenters. The van der Waals surface area contributed by atoms with Gasteiger partial charge in [0.2, 0.25) is 0 Å². The minimum Gasteiger partial charge on any atom is -0.481 e. The van der Waals surface area contributed by atoms with E-state index < -0.39 is 29.0 Å². The molecule has 2 saturated heterocycles. The maximum absolute atomic E-state index is 12.5. The number of fused-ring (bicyclic) bond motifs is 1. The van der Waals surface area contributed by atoms with Crippen molar-refractivity contribution < 1.29 is 27.8 Å². The van der Waals surface area contributed by atoms with Crippen LogP contribution in [-0.4, -0.2) is 23.8 Å². The standard InChI is InChI=1S/C13H11F3O3/c14-13(15,16)8-3-1-7(2-4-8)12-5-9(19-6-12)10(12)11(17)18/h1-4,9-10H,5-6H2,(H,17,18)/t9-,10+,12-/m1/s1. The van der Waals surface area contributed by atoms with Crippen molar-refractivity contribution in [1.29, 1.82) is 0 Å². The van der Waals surface area contributed by atoms with Crippen molar-refractivity contribution in [2.45, 2.75) is 24.1 Å². The van der Waals surface area contributed by atoms with Gasteiger partial charge in [-0.25, -0.2) is 0 Å². The molecule has 6 heteroatoms. The summed E-state index contributed by atoms with van der Waals surface area (Å²) in [7, 11) is 0. The van der Waals surface area contributed by atoms with Crippen molar-refractivity contribution in [1.82, 2.24) is 0 Å². The zero-order valence-corrected chi connectivity index (χ0v) is 9.78. The van der Waals surface area contributed by atoms with Crippen molar-refractivity contribution >= 4 is 5.97 Å². The van der Waals surface area contributed by atoms with Crippen LogP contribution in [0.3, 0.4) is 0 Å². The monoisotopic (exact) mass is 272 g/mol. The lowest BCUT2D eigenvalue weighted by atomic mass is 9.57. The molecule has 1 aliphatic carbocycles. The Labute approximate surface area is 107 Å². The smallest absolute Gasteiger partial charge is 0.416 e. The first-order chi connectivity index (χ1) is 8.84. The van der Waals surface area contributed by atoms with Crippen LogP contribution in [0.4, 0.5) is 13.2 Å². The van der Waals surface area contributed by atoms with Gasteiger partial charge in [-0.2, -0.15) is 13.2 Å². The maximum atomic E-state index is 12.5. The molecule has 4 rings (SSSR count). The molecule has 0 aromatic heterocycles. The Hall–Kier alpha value is -1.56. The molecule has 102 valence electrons. The third-order valence-corrected chi connectivity index (χ3v) is 4.14. The fraction of sp³-hybridized carbons (Fsp3) is 0.462. The second-order valence-corrected chi connectivity index (χ2v) is 5.10. The Bertz CT molecular complexity index is 519. The van der Waals surface area contributed by atoms with Crippen LogP contribution >= 0.6 is 0 Å². The Kier molecular flexibility index (Phi) is 2.44. The van der Waals surface area contributed by atoms with Crippen LogP contribution in [0.15, 0.2) is 24.3 Å². The van der Waals surface area contributed by atoms with Gasteiger partial charge in [0, 0.05) is 5.41 Å². The van der Waals surface area contributed by atoms with Gasteiger partial charge in [-0.15, -0.1) is 0 Å². The van der Waals surface area contributed by atoms with Crippen molar-refractivity contribution in [3.8, 4) is 0 Å². The predicted octanol–water partition coefficient (Wildman–Crippen LogP) is 2.45.